The first-order valence-corrected chi connectivity index (χ1v) is 7.85. The summed E-state index contributed by atoms with van der Waals surface area (Å²) < 4.78 is 2.19. The zero-order valence-electron chi connectivity index (χ0n) is 11.4. The van der Waals surface area contributed by atoms with Crippen LogP contribution >= 0.6 is 31.9 Å². The van der Waals surface area contributed by atoms with Crippen molar-refractivity contribution in [2.24, 2.45) is 0 Å². The predicted octanol–water partition coefficient (Wildman–Crippen LogP) is 4.48. The van der Waals surface area contributed by atoms with Gasteiger partial charge in [0.2, 0.25) is 0 Å². The molecule has 4 N–H and O–H groups in total. The molecule has 6 heteroatoms. The lowest BCUT2D eigenvalue weighted by Gasteiger charge is -2.03. The van der Waals surface area contributed by atoms with Crippen molar-refractivity contribution in [3.8, 4) is 6.07 Å². The number of nitrogens with two attached hydrogens (primary N) is 2. The van der Waals surface area contributed by atoms with Gasteiger partial charge in [-0.05, 0) is 62.2 Å². The second kappa shape index (κ2) is 7.25. The van der Waals surface area contributed by atoms with Crippen molar-refractivity contribution in [3.63, 3.8) is 0 Å². The molecule has 0 atom stereocenters. The fourth-order valence-electron chi connectivity index (χ4n) is 1.76. The number of hydrogen-bond donors (Lipinski definition) is 2. The van der Waals surface area contributed by atoms with E-state index >= 15 is 0 Å². The third-order valence-corrected chi connectivity index (χ3v) is 4.79. The average Bonchev–Trinajstić information content (AvgIpc) is 2.52. The highest BCUT2D eigenvalue weighted by atomic mass is 79.9. The summed E-state index contributed by atoms with van der Waals surface area (Å²) in [6.07, 6.45) is 1.47. The molecule has 22 heavy (non-hydrogen) atoms. The normalized spacial score (nSPS) is 9.68. The number of nitriles is 1. The van der Waals surface area contributed by atoms with Gasteiger partial charge >= 0.3 is 0 Å². The monoisotopic (exact) mass is 418 g/mol. The number of nitrogen functional groups attached to an aromatic ring is 2. The first-order valence-electron chi connectivity index (χ1n) is 6.26. The summed E-state index contributed by atoms with van der Waals surface area (Å²) in [6, 6.07) is 15.2. The Labute approximate surface area is 145 Å². The number of hydrogen-bond acceptors (Lipinski definition) is 4. The molecule has 0 aliphatic carbocycles. The molecule has 0 saturated carbocycles. The predicted molar refractivity (Wildman–Crippen MR) is 97.1 cm³/mol. The quantitative estimate of drug-likeness (QED) is 0.525. The number of nitrogens with zero attached hydrogens (tertiary/aromatic N) is 2. The SMILES string of the molecule is Brc1ccccc1Br.N#Cc1cnc2ccc(N)cc2c1N. The molecule has 0 amide bonds. The van der Waals surface area contributed by atoms with Crippen LogP contribution in [-0.2, 0) is 0 Å². The number of fused-ring (bicyclic) bond motifs is 1. The van der Waals surface area contributed by atoms with Gasteiger partial charge in [-0.1, -0.05) is 12.1 Å². The maximum absolute atomic E-state index is 8.75. The molecule has 4 nitrogen and oxygen atoms in total. The topological polar surface area (TPSA) is 88.7 Å². The van der Waals surface area contributed by atoms with Crippen molar-refractivity contribution in [1.82, 2.24) is 4.98 Å². The van der Waals surface area contributed by atoms with Crippen molar-refractivity contribution >= 4 is 54.1 Å². The number of aromatic nitrogens is 1. The Morgan fingerprint density at radius 2 is 1.64 bits per heavy atom. The molecule has 1 aromatic heterocycles. The lowest BCUT2D eigenvalue weighted by molar-refractivity contribution is 1.37. The van der Waals surface area contributed by atoms with Gasteiger partial charge in [0.05, 0.1) is 16.8 Å². The van der Waals surface area contributed by atoms with E-state index in [1.807, 2.05) is 30.3 Å². The Morgan fingerprint density at radius 1 is 1.00 bits per heavy atom. The van der Waals surface area contributed by atoms with Crippen LogP contribution in [0.5, 0.6) is 0 Å². The summed E-state index contributed by atoms with van der Waals surface area (Å²) in [5.74, 6) is 0. The zero-order valence-corrected chi connectivity index (χ0v) is 14.6. The van der Waals surface area contributed by atoms with Crippen molar-refractivity contribution in [3.05, 3.63) is 63.2 Å². The lowest BCUT2D eigenvalue weighted by atomic mass is 10.1. The van der Waals surface area contributed by atoms with E-state index in [1.165, 1.54) is 6.20 Å². The van der Waals surface area contributed by atoms with Gasteiger partial charge in [-0.3, -0.25) is 4.98 Å². The van der Waals surface area contributed by atoms with Crippen molar-refractivity contribution < 1.29 is 0 Å². The molecule has 0 bridgehead atoms. The van der Waals surface area contributed by atoms with Gasteiger partial charge in [0.25, 0.3) is 0 Å². The molecule has 3 rings (SSSR count). The first-order chi connectivity index (χ1) is 10.5. The van der Waals surface area contributed by atoms with Gasteiger partial charge in [0, 0.05) is 26.2 Å². The number of anilines is 2. The third-order valence-electron chi connectivity index (χ3n) is 2.88. The molecule has 0 aliphatic heterocycles. The fourth-order valence-corrected chi connectivity index (χ4v) is 2.33. The maximum Gasteiger partial charge on any atom is 0.103 e. The number of rotatable bonds is 0. The van der Waals surface area contributed by atoms with Crippen LogP contribution in [0.1, 0.15) is 5.56 Å². The lowest BCUT2D eigenvalue weighted by Crippen LogP contribution is -1.95. The Morgan fingerprint density at radius 3 is 2.18 bits per heavy atom. The Kier molecular flexibility index (Phi) is 5.36. The van der Waals surface area contributed by atoms with Crippen LogP contribution in [0.15, 0.2) is 57.6 Å². The van der Waals surface area contributed by atoms with Gasteiger partial charge in [0.15, 0.2) is 0 Å². The molecule has 0 unspecified atom stereocenters. The summed E-state index contributed by atoms with van der Waals surface area (Å²) in [7, 11) is 0. The van der Waals surface area contributed by atoms with Crippen LogP contribution in [0.3, 0.4) is 0 Å². The summed E-state index contributed by atoms with van der Waals surface area (Å²) >= 11 is 6.70. The standard InChI is InChI=1S/C10H8N4.C6H4Br2/c11-4-6-5-14-9-2-1-7(12)3-8(9)10(6)13;7-5-3-1-2-4-6(5)8/h1-3,5H,12H2,(H2,13,14);1-4H. The molecule has 2 aromatic carbocycles. The van der Waals surface area contributed by atoms with Gasteiger partial charge in [-0.2, -0.15) is 5.26 Å². The molecule has 3 aromatic rings. The van der Waals surface area contributed by atoms with Crippen LogP contribution in [-0.4, -0.2) is 4.98 Å². The highest BCUT2D eigenvalue weighted by Gasteiger charge is 2.04. The highest BCUT2D eigenvalue weighted by Crippen LogP contribution is 2.24. The maximum atomic E-state index is 8.75. The van der Waals surface area contributed by atoms with Crippen LogP contribution in [0.25, 0.3) is 10.9 Å². The minimum Gasteiger partial charge on any atom is -0.399 e. The molecular formula is C16H12Br2N4. The van der Waals surface area contributed by atoms with Gasteiger partial charge < -0.3 is 11.5 Å². The van der Waals surface area contributed by atoms with E-state index in [1.54, 1.807) is 18.2 Å². The fraction of sp³-hybridized carbons (Fsp3) is 0. The number of pyridine rings is 1. The molecule has 0 radical (unpaired) electrons. The minimum absolute atomic E-state index is 0.378. The van der Waals surface area contributed by atoms with Crippen LogP contribution < -0.4 is 11.5 Å². The average molecular weight is 420 g/mol. The smallest absolute Gasteiger partial charge is 0.103 e. The van der Waals surface area contributed by atoms with E-state index in [0.717, 1.165) is 19.8 Å². The van der Waals surface area contributed by atoms with Gasteiger partial charge in [-0.25, -0.2) is 0 Å². The van der Waals surface area contributed by atoms with Gasteiger partial charge in [0.1, 0.15) is 6.07 Å². The zero-order chi connectivity index (χ0) is 16.1. The summed E-state index contributed by atoms with van der Waals surface area (Å²) in [5, 5.41) is 9.47. The van der Waals surface area contributed by atoms with Crippen molar-refractivity contribution in [2.75, 3.05) is 11.5 Å². The molecule has 0 spiro atoms. The van der Waals surface area contributed by atoms with E-state index in [9.17, 15) is 0 Å². The van der Waals surface area contributed by atoms with E-state index in [4.69, 9.17) is 16.7 Å². The summed E-state index contributed by atoms with van der Waals surface area (Å²) in [6.45, 7) is 0. The second-order valence-corrected chi connectivity index (χ2v) is 6.10. The van der Waals surface area contributed by atoms with E-state index < -0.39 is 0 Å². The van der Waals surface area contributed by atoms with Crippen LogP contribution in [0, 0.1) is 11.3 Å². The van der Waals surface area contributed by atoms with E-state index in [2.05, 4.69) is 36.8 Å². The number of halogens is 2. The third kappa shape index (κ3) is 3.75. The Bertz CT molecular complexity index is 835. The molecule has 0 fully saturated rings. The Balaban J connectivity index is 0.000000188. The van der Waals surface area contributed by atoms with E-state index in [0.29, 0.717) is 16.9 Å². The molecule has 110 valence electrons. The molecule has 0 saturated heterocycles. The van der Waals surface area contributed by atoms with Crippen molar-refractivity contribution in [1.29, 1.82) is 5.26 Å². The molecular weight excluding hydrogens is 408 g/mol. The Hall–Kier alpha value is -2.10. The highest BCUT2D eigenvalue weighted by molar-refractivity contribution is 9.13. The van der Waals surface area contributed by atoms with Crippen LogP contribution in [0.4, 0.5) is 11.4 Å². The minimum atomic E-state index is 0.378. The molecule has 1 heterocycles. The second-order valence-electron chi connectivity index (χ2n) is 4.39. The van der Waals surface area contributed by atoms with Crippen LogP contribution in [0.2, 0.25) is 0 Å². The first kappa shape index (κ1) is 16.3. The van der Waals surface area contributed by atoms with Crippen molar-refractivity contribution in [2.45, 2.75) is 0 Å². The van der Waals surface area contributed by atoms with E-state index in [-0.39, 0.29) is 0 Å². The summed E-state index contributed by atoms with van der Waals surface area (Å²) in [5.41, 5.74) is 13.6. The summed E-state index contributed by atoms with van der Waals surface area (Å²) in [4.78, 5) is 4.10. The largest absolute Gasteiger partial charge is 0.399 e. The number of benzene rings is 2. The molecule has 0 aliphatic rings. The van der Waals surface area contributed by atoms with Gasteiger partial charge in [-0.15, -0.1) is 0 Å².